The molecule has 0 aliphatic heterocycles. The van der Waals surface area contributed by atoms with Gasteiger partial charge in [-0.3, -0.25) is 0 Å². The Labute approximate surface area is 126 Å². The minimum absolute atomic E-state index is 0.305. The van der Waals surface area contributed by atoms with Gasteiger partial charge in [0.1, 0.15) is 11.5 Å². The Morgan fingerprint density at radius 1 is 1.00 bits per heavy atom. The fraction of sp³-hybridized carbons (Fsp3) is 0.200. The molecule has 2 rings (SSSR count). The Bertz CT molecular complexity index is 572. The van der Waals surface area contributed by atoms with E-state index in [2.05, 4.69) is 15.9 Å². The van der Waals surface area contributed by atoms with Gasteiger partial charge in [-0.25, -0.2) is 0 Å². The lowest BCUT2D eigenvalue weighted by molar-refractivity contribution is 0.399. The highest BCUT2D eigenvalue weighted by atomic mass is 79.9. The van der Waals surface area contributed by atoms with Gasteiger partial charge in [0, 0.05) is 10.0 Å². The molecule has 1 unspecified atom stereocenters. The maximum atomic E-state index is 6.58. The number of ether oxygens (including phenoxy) is 2. The molecule has 100 valence electrons. The van der Waals surface area contributed by atoms with Crippen molar-refractivity contribution in [2.45, 2.75) is 5.38 Å². The molecular formula is C15H14BrClO2. The molecule has 2 aromatic rings. The molecule has 0 radical (unpaired) electrons. The molecule has 0 N–H and O–H groups in total. The van der Waals surface area contributed by atoms with Crippen molar-refractivity contribution in [3.63, 3.8) is 0 Å². The number of alkyl halides is 1. The normalized spacial score (nSPS) is 12.0. The van der Waals surface area contributed by atoms with Gasteiger partial charge in [-0.2, -0.15) is 0 Å². The average molecular weight is 342 g/mol. The number of rotatable bonds is 4. The van der Waals surface area contributed by atoms with Crippen LogP contribution in [0.2, 0.25) is 0 Å². The van der Waals surface area contributed by atoms with E-state index in [1.165, 1.54) is 0 Å². The van der Waals surface area contributed by atoms with Crippen molar-refractivity contribution in [2.75, 3.05) is 14.2 Å². The minimum atomic E-state index is -0.305. The highest BCUT2D eigenvalue weighted by molar-refractivity contribution is 9.10. The molecule has 0 heterocycles. The van der Waals surface area contributed by atoms with Crippen LogP contribution >= 0.6 is 27.5 Å². The number of hydrogen-bond acceptors (Lipinski definition) is 2. The quantitative estimate of drug-likeness (QED) is 0.744. The summed E-state index contributed by atoms with van der Waals surface area (Å²) in [5.74, 6) is 1.50. The van der Waals surface area contributed by atoms with Crippen molar-refractivity contribution in [1.82, 2.24) is 0 Å². The van der Waals surface area contributed by atoms with E-state index < -0.39 is 0 Å². The summed E-state index contributed by atoms with van der Waals surface area (Å²) in [6, 6.07) is 13.5. The molecule has 0 amide bonds. The fourth-order valence-electron chi connectivity index (χ4n) is 1.89. The van der Waals surface area contributed by atoms with Crippen molar-refractivity contribution in [2.24, 2.45) is 0 Å². The van der Waals surface area contributed by atoms with Gasteiger partial charge in [0.25, 0.3) is 0 Å². The van der Waals surface area contributed by atoms with Crippen LogP contribution in [0.15, 0.2) is 46.9 Å². The average Bonchev–Trinajstić information content (AvgIpc) is 2.46. The molecule has 1 atom stereocenters. The topological polar surface area (TPSA) is 18.5 Å². The summed E-state index contributed by atoms with van der Waals surface area (Å²) in [4.78, 5) is 0. The van der Waals surface area contributed by atoms with E-state index in [4.69, 9.17) is 21.1 Å². The summed E-state index contributed by atoms with van der Waals surface area (Å²) in [6.07, 6.45) is 0. The molecule has 2 nitrogen and oxygen atoms in total. The van der Waals surface area contributed by atoms with Crippen LogP contribution in [0.3, 0.4) is 0 Å². The standard InChI is InChI=1S/C15H14BrClO2/c1-18-10-7-8-14(19-2)12(9-10)15(17)11-5-3-4-6-13(11)16/h3-9,15H,1-2H3. The predicted molar refractivity (Wildman–Crippen MR) is 81.4 cm³/mol. The monoisotopic (exact) mass is 340 g/mol. The smallest absolute Gasteiger partial charge is 0.124 e. The van der Waals surface area contributed by atoms with Crippen LogP contribution in [-0.2, 0) is 0 Å². The molecule has 0 bridgehead atoms. The maximum absolute atomic E-state index is 6.58. The highest BCUT2D eigenvalue weighted by Crippen LogP contribution is 2.39. The number of halogens is 2. The Balaban J connectivity index is 2.48. The van der Waals surface area contributed by atoms with Crippen LogP contribution in [-0.4, -0.2) is 14.2 Å². The second-order valence-corrected chi connectivity index (χ2v) is 5.28. The first-order valence-electron chi connectivity index (χ1n) is 5.77. The summed E-state index contributed by atoms with van der Waals surface area (Å²) in [7, 11) is 3.27. The summed E-state index contributed by atoms with van der Waals surface area (Å²) >= 11 is 10.1. The van der Waals surface area contributed by atoms with Gasteiger partial charge in [-0.15, -0.1) is 11.6 Å². The first-order chi connectivity index (χ1) is 9.17. The van der Waals surface area contributed by atoms with E-state index in [0.29, 0.717) is 0 Å². The first kappa shape index (κ1) is 14.2. The summed E-state index contributed by atoms with van der Waals surface area (Å²) in [5, 5.41) is -0.305. The van der Waals surface area contributed by atoms with Gasteiger partial charge < -0.3 is 9.47 Å². The third-order valence-corrected chi connectivity index (χ3v) is 4.08. The maximum Gasteiger partial charge on any atom is 0.124 e. The van der Waals surface area contributed by atoms with Gasteiger partial charge in [0.05, 0.1) is 19.6 Å². The summed E-state index contributed by atoms with van der Waals surface area (Å²) in [6.45, 7) is 0. The van der Waals surface area contributed by atoms with E-state index in [-0.39, 0.29) is 5.38 Å². The molecule has 0 aliphatic carbocycles. The summed E-state index contributed by atoms with van der Waals surface area (Å²) < 4.78 is 11.6. The number of methoxy groups -OCH3 is 2. The molecule has 0 aromatic heterocycles. The van der Waals surface area contributed by atoms with Gasteiger partial charge in [-0.05, 0) is 29.8 Å². The Kier molecular flexibility index (Phi) is 4.72. The van der Waals surface area contributed by atoms with E-state index >= 15 is 0 Å². The lowest BCUT2D eigenvalue weighted by Gasteiger charge is -2.16. The van der Waals surface area contributed by atoms with E-state index in [9.17, 15) is 0 Å². The first-order valence-corrected chi connectivity index (χ1v) is 7.00. The van der Waals surface area contributed by atoms with Crippen molar-refractivity contribution < 1.29 is 9.47 Å². The van der Waals surface area contributed by atoms with Crippen molar-refractivity contribution in [3.8, 4) is 11.5 Å². The lowest BCUT2D eigenvalue weighted by Crippen LogP contribution is -1.99. The van der Waals surface area contributed by atoms with E-state index in [0.717, 1.165) is 27.1 Å². The Morgan fingerprint density at radius 2 is 1.74 bits per heavy atom. The molecule has 0 spiro atoms. The molecule has 4 heteroatoms. The van der Waals surface area contributed by atoms with Crippen molar-refractivity contribution in [3.05, 3.63) is 58.1 Å². The number of benzene rings is 2. The van der Waals surface area contributed by atoms with Crippen LogP contribution in [0.4, 0.5) is 0 Å². The third kappa shape index (κ3) is 3.04. The lowest BCUT2D eigenvalue weighted by atomic mass is 10.0. The Hall–Kier alpha value is -1.19. The molecule has 0 aliphatic rings. The van der Waals surface area contributed by atoms with Crippen molar-refractivity contribution in [1.29, 1.82) is 0 Å². The van der Waals surface area contributed by atoms with Gasteiger partial charge >= 0.3 is 0 Å². The third-order valence-electron chi connectivity index (χ3n) is 2.89. The number of hydrogen-bond donors (Lipinski definition) is 0. The summed E-state index contributed by atoms with van der Waals surface area (Å²) in [5.41, 5.74) is 1.88. The molecule has 19 heavy (non-hydrogen) atoms. The van der Waals surface area contributed by atoms with Gasteiger partial charge in [0.15, 0.2) is 0 Å². The minimum Gasteiger partial charge on any atom is -0.497 e. The highest BCUT2D eigenvalue weighted by Gasteiger charge is 2.18. The van der Waals surface area contributed by atoms with E-state index in [1.807, 2.05) is 42.5 Å². The van der Waals surface area contributed by atoms with E-state index in [1.54, 1.807) is 14.2 Å². The Morgan fingerprint density at radius 3 is 2.37 bits per heavy atom. The SMILES string of the molecule is COc1ccc(OC)c(C(Cl)c2ccccc2Br)c1. The molecule has 2 aromatic carbocycles. The molecule has 0 saturated carbocycles. The molecular weight excluding hydrogens is 328 g/mol. The van der Waals surface area contributed by atoms with Crippen molar-refractivity contribution >= 4 is 27.5 Å². The van der Waals surface area contributed by atoms with Gasteiger partial charge in [0.2, 0.25) is 0 Å². The van der Waals surface area contributed by atoms with Crippen LogP contribution in [0.5, 0.6) is 11.5 Å². The molecule has 0 saturated heterocycles. The zero-order chi connectivity index (χ0) is 13.8. The largest absolute Gasteiger partial charge is 0.497 e. The van der Waals surface area contributed by atoms with Crippen LogP contribution in [0.25, 0.3) is 0 Å². The molecule has 0 fully saturated rings. The van der Waals surface area contributed by atoms with Crippen LogP contribution < -0.4 is 9.47 Å². The second-order valence-electron chi connectivity index (χ2n) is 3.99. The van der Waals surface area contributed by atoms with Crippen LogP contribution in [0.1, 0.15) is 16.5 Å². The van der Waals surface area contributed by atoms with Crippen LogP contribution in [0, 0.1) is 0 Å². The predicted octanol–water partition coefficient (Wildman–Crippen LogP) is 4.79. The second kappa shape index (κ2) is 6.31. The zero-order valence-corrected chi connectivity index (χ0v) is 13.0. The van der Waals surface area contributed by atoms with Gasteiger partial charge in [-0.1, -0.05) is 34.1 Å². The fourth-order valence-corrected chi connectivity index (χ4v) is 2.89. The zero-order valence-electron chi connectivity index (χ0n) is 10.7.